The predicted molar refractivity (Wildman–Crippen MR) is 69.7 cm³/mol. The van der Waals surface area contributed by atoms with E-state index < -0.39 is 0 Å². The van der Waals surface area contributed by atoms with Crippen LogP contribution in [0, 0.1) is 0 Å². The molecule has 0 aliphatic carbocycles. The van der Waals surface area contributed by atoms with Gasteiger partial charge < -0.3 is 5.32 Å². The van der Waals surface area contributed by atoms with Gasteiger partial charge in [-0.3, -0.25) is 4.98 Å². The van der Waals surface area contributed by atoms with Crippen molar-refractivity contribution < 1.29 is 0 Å². The predicted octanol–water partition coefficient (Wildman–Crippen LogP) is 2.74. The molecule has 1 aromatic heterocycles. The molecule has 0 saturated carbocycles. The Hall–Kier alpha value is -0.610. The average Bonchev–Trinajstić information content (AvgIpc) is 2.30. The second kappa shape index (κ2) is 8.53. The first-order valence-electron chi connectivity index (χ1n) is 5.95. The molecule has 90 valence electrons. The van der Waals surface area contributed by atoms with Gasteiger partial charge >= 0.3 is 0 Å². The lowest BCUT2D eigenvalue weighted by Crippen LogP contribution is -2.25. The molecule has 3 nitrogen and oxygen atoms in total. The summed E-state index contributed by atoms with van der Waals surface area (Å²) in [6.45, 7) is 5.47. The zero-order valence-corrected chi connectivity index (χ0v) is 11.0. The first-order valence-corrected chi connectivity index (χ1v) is 6.93. The standard InChI is InChI=1S/C12H21N3S/c1-3-14-11(2)6-4-5-9-16-12-10-13-7-8-15-12/h7-8,10-11,14H,3-6,9H2,1-2H3. The summed E-state index contributed by atoms with van der Waals surface area (Å²) in [4.78, 5) is 8.27. The molecule has 1 unspecified atom stereocenters. The van der Waals surface area contributed by atoms with Crippen LogP contribution in [0.15, 0.2) is 23.6 Å². The third-order valence-electron chi connectivity index (χ3n) is 2.37. The number of unbranched alkanes of at least 4 members (excludes halogenated alkanes) is 1. The van der Waals surface area contributed by atoms with E-state index in [1.165, 1.54) is 19.3 Å². The highest BCUT2D eigenvalue weighted by Crippen LogP contribution is 2.15. The van der Waals surface area contributed by atoms with Gasteiger partial charge in [0.25, 0.3) is 0 Å². The summed E-state index contributed by atoms with van der Waals surface area (Å²) in [5.41, 5.74) is 0. The van der Waals surface area contributed by atoms with Crippen molar-refractivity contribution in [1.29, 1.82) is 0 Å². The monoisotopic (exact) mass is 239 g/mol. The van der Waals surface area contributed by atoms with E-state index in [9.17, 15) is 0 Å². The fourth-order valence-corrected chi connectivity index (χ4v) is 2.37. The number of nitrogens with one attached hydrogen (secondary N) is 1. The molecule has 1 heterocycles. The molecule has 0 saturated heterocycles. The molecule has 0 bridgehead atoms. The summed E-state index contributed by atoms with van der Waals surface area (Å²) in [7, 11) is 0. The van der Waals surface area contributed by atoms with E-state index in [4.69, 9.17) is 0 Å². The number of hydrogen-bond acceptors (Lipinski definition) is 4. The molecule has 0 aromatic carbocycles. The van der Waals surface area contributed by atoms with Crippen molar-refractivity contribution >= 4 is 11.8 Å². The lowest BCUT2D eigenvalue weighted by Gasteiger charge is -2.11. The Balaban J connectivity index is 2.00. The highest BCUT2D eigenvalue weighted by atomic mass is 32.2. The number of nitrogens with zero attached hydrogens (tertiary/aromatic N) is 2. The first-order chi connectivity index (χ1) is 7.83. The van der Waals surface area contributed by atoms with Gasteiger partial charge in [0.1, 0.15) is 5.03 Å². The lowest BCUT2D eigenvalue weighted by atomic mass is 10.1. The van der Waals surface area contributed by atoms with E-state index in [-0.39, 0.29) is 0 Å². The maximum Gasteiger partial charge on any atom is 0.114 e. The third-order valence-corrected chi connectivity index (χ3v) is 3.37. The largest absolute Gasteiger partial charge is 0.315 e. The number of hydrogen-bond donors (Lipinski definition) is 1. The Labute approximate surface area is 102 Å². The number of rotatable bonds is 8. The van der Waals surface area contributed by atoms with E-state index in [1.54, 1.807) is 24.2 Å². The van der Waals surface area contributed by atoms with Crippen molar-refractivity contribution in [3.63, 3.8) is 0 Å². The molecule has 0 amide bonds. The van der Waals surface area contributed by atoms with Crippen molar-refractivity contribution in [2.75, 3.05) is 12.3 Å². The van der Waals surface area contributed by atoms with E-state index in [2.05, 4.69) is 29.1 Å². The summed E-state index contributed by atoms with van der Waals surface area (Å²) >= 11 is 1.79. The molecular weight excluding hydrogens is 218 g/mol. The molecule has 1 aromatic rings. The highest BCUT2D eigenvalue weighted by Gasteiger charge is 1.99. The lowest BCUT2D eigenvalue weighted by molar-refractivity contribution is 0.510. The minimum Gasteiger partial charge on any atom is -0.315 e. The van der Waals surface area contributed by atoms with Crippen LogP contribution in [-0.2, 0) is 0 Å². The topological polar surface area (TPSA) is 37.8 Å². The molecule has 0 radical (unpaired) electrons. The molecule has 1 atom stereocenters. The molecule has 1 rings (SSSR count). The van der Waals surface area contributed by atoms with E-state index in [0.29, 0.717) is 6.04 Å². The van der Waals surface area contributed by atoms with Gasteiger partial charge in [0.2, 0.25) is 0 Å². The fraction of sp³-hybridized carbons (Fsp3) is 0.667. The van der Waals surface area contributed by atoms with Crippen molar-refractivity contribution in [1.82, 2.24) is 15.3 Å². The van der Waals surface area contributed by atoms with Crippen molar-refractivity contribution in [2.24, 2.45) is 0 Å². The Morgan fingerprint density at radius 1 is 1.38 bits per heavy atom. The zero-order chi connectivity index (χ0) is 11.6. The van der Waals surface area contributed by atoms with Crippen LogP contribution in [0.25, 0.3) is 0 Å². The van der Waals surface area contributed by atoms with Crippen LogP contribution in [0.1, 0.15) is 33.1 Å². The summed E-state index contributed by atoms with van der Waals surface area (Å²) < 4.78 is 0. The second-order valence-corrected chi connectivity index (χ2v) is 4.96. The Kier molecular flexibility index (Phi) is 7.17. The Bertz CT molecular complexity index is 266. The molecule has 0 fully saturated rings. The van der Waals surface area contributed by atoms with Crippen LogP contribution in [-0.4, -0.2) is 28.3 Å². The molecule has 0 spiro atoms. The van der Waals surface area contributed by atoms with E-state index in [0.717, 1.165) is 17.3 Å². The average molecular weight is 239 g/mol. The molecule has 4 heteroatoms. The fourth-order valence-electron chi connectivity index (χ4n) is 1.54. The smallest absolute Gasteiger partial charge is 0.114 e. The van der Waals surface area contributed by atoms with Crippen LogP contribution in [0.2, 0.25) is 0 Å². The van der Waals surface area contributed by atoms with Crippen LogP contribution >= 0.6 is 11.8 Å². The van der Waals surface area contributed by atoms with Gasteiger partial charge in [0.15, 0.2) is 0 Å². The maximum atomic E-state index is 4.23. The van der Waals surface area contributed by atoms with Gasteiger partial charge in [0, 0.05) is 18.4 Å². The van der Waals surface area contributed by atoms with E-state index in [1.807, 2.05) is 6.20 Å². The van der Waals surface area contributed by atoms with Gasteiger partial charge in [0.05, 0.1) is 6.20 Å². The molecule has 1 N–H and O–H groups in total. The minimum atomic E-state index is 0.645. The normalized spacial score (nSPS) is 12.6. The highest BCUT2D eigenvalue weighted by molar-refractivity contribution is 7.99. The molecule has 0 aliphatic heterocycles. The van der Waals surface area contributed by atoms with Crippen molar-refractivity contribution in [3.8, 4) is 0 Å². The molecule has 0 aliphatic rings. The van der Waals surface area contributed by atoms with Crippen LogP contribution in [0.3, 0.4) is 0 Å². The van der Waals surface area contributed by atoms with Crippen LogP contribution < -0.4 is 5.32 Å². The number of thioether (sulfide) groups is 1. The van der Waals surface area contributed by atoms with Gasteiger partial charge in [-0.25, -0.2) is 4.98 Å². The molecule has 16 heavy (non-hydrogen) atoms. The zero-order valence-electron chi connectivity index (χ0n) is 10.1. The second-order valence-electron chi connectivity index (χ2n) is 3.85. The number of aromatic nitrogens is 2. The van der Waals surface area contributed by atoms with Gasteiger partial charge in [-0.1, -0.05) is 13.3 Å². The van der Waals surface area contributed by atoms with Gasteiger partial charge in [-0.2, -0.15) is 0 Å². The maximum absolute atomic E-state index is 4.23. The Morgan fingerprint density at radius 2 is 2.25 bits per heavy atom. The SMILES string of the molecule is CCNC(C)CCCCSc1cnccn1. The first kappa shape index (κ1) is 13.5. The molecular formula is C12H21N3S. The third kappa shape index (κ3) is 6.08. The van der Waals surface area contributed by atoms with Crippen LogP contribution in [0.4, 0.5) is 0 Å². The quantitative estimate of drug-likeness (QED) is 0.559. The van der Waals surface area contributed by atoms with Crippen LogP contribution in [0.5, 0.6) is 0 Å². The minimum absolute atomic E-state index is 0.645. The summed E-state index contributed by atoms with van der Waals surface area (Å²) in [6.07, 6.45) is 9.07. The summed E-state index contributed by atoms with van der Waals surface area (Å²) in [5.74, 6) is 1.14. The Morgan fingerprint density at radius 3 is 2.94 bits per heavy atom. The van der Waals surface area contributed by atoms with E-state index >= 15 is 0 Å². The summed E-state index contributed by atoms with van der Waals surface area (Å²) in [6, 6.07) is 0.645. The van der Waals surface area contributed by atoms with Crippen molar-refractivity contribution in [3.05, 3.63) is 18.6 Å². The van der Waals surface area contributed by atoms with Crippen molar-refractivity contribution in [2.45, 2.75) is 44.2 Å². The summed E-state index contributed by atoms with van der Waals surface area (Å²) in [5, 5.41) is 4.45. The van der Waals surface area contributed by atoms with Gasteiger partial charge in [-0.15, -0.1) is 11.8 Å². The van der Waals surface area contributed by atoms with Gasteiger partial charge in [-0.05, 0) is 32.1 Å².